The van der Waals surface area contributed by atoms with Gasteiger partial charge in [0.25, 0.3) is 5.91 Å². The van der Waals surface area contributed by atoms with E-state index in [1.807, 2.05) is 24.3 Å². The molecule has 26 heavy (non-hydrogen) atoms. The molecule has 2 N–H and O–H groups in total. The van der Waals surface area contributed by atoms with Crippen molar-refractivity contribution in [3.8, 4) is 0 Å². The third-order valence-electron chi connectivity index (χ3n) is 4.81. The largest absolute Gasteiger partial charge is 0.315 e. The molecule has 2 aromatic rings. The molecule has 0 bridgehead atoms. The molecule has 0 radical (unpaired) electrons. The summed E-state index contributed by atoms with van der Waals surface area (Å²) >= 11 is 4.89. The molecule has 2 atom stereocenters. The first kappa shape index (κ1) is 17.7. The van der Waals surface area contributed by atoms with E-state index in [1.54, 1.807) is 18.2 Å². The highest BCUT2D eigenvalue weighted by Crippen LogP contribution is 2.49. The molecule has 2 aliphatic rings. The van der Waals surface area contributed by atoms with E-state index in [1.165, 1.54) is 17.8 Å². The number of hydrogen-bond acceptors (Lipinski definition) is 4. The van der Waals surface area contributed by atoms with E-state index in [9.17, 15) is 9.18 Å². The second-order valence-corrected chi connectivity index (χ2v) is 8.64. The number of benzene rings is 2. The summed E-state index contributed by atoms with van der Waals surface area (Å²) in [7, 11) is 0. The van der Waals surface area contributed by atoms with Gasteiger partial charge in [0.1, 0.15) is 5.82 Å². The number of amides is 1. The second-order valence-electron chi connectivity index (χ2n) is 6.41. The average Bonchev–Trinajstić information content (AvgIpc) is 3.08. The number of halogens is 2. The number of thioether (sulfide) groups is 1. The van der Waals surface area contributed by atoms with Crippen LogP contribution in [0.3, 0.4) is 0 Å². The van der Waals surface area contributed by atoms with Gasteiger partial charge in [0, 0.05) is 41.2 Å². The number of hydrogen-bond donors (Lipinski definition) is 2. The molecule has 134 valence electrons. The van der Waals surface area contributed by atoms with Crippen molar-refractivity contribution in [2.75, 3.05) is 19.6 Å². The fraction of sp³-hybridized carbons (Fsp3) is 0.263. The molecule has 2 aromatic carbocycles. The molecule has 0 aromatic heterocycles. The highest BCUT2D eigenvalue weighted by Gasteiger charge is 2.49. The van der Waals surface area contributed by atoms with E-state index >= 15 is 0 Å². The van der Waals surface area contributed by atoms with E-state index in [0.29, 0.717) is 29.4 Å². The third-order valence-corrected chi connectivity index (χ3v) is 6.79. The van der Waals surface area contributed by atoms with Crippen LogP contribution in [-0.2, 0) is 4.75 Å². The number of nitrogens with one attached hydrogen (secondary N) is 2. The fourth-order valence-electron chi connectivity index (χ4n) is 3.49. The maximum absolute atomic E-state index is 14.7. The van der Waals surface area contributed by atoms with Crippen molar-refractivity contribution >= 4 is 38.8 Å². The first-order valence-corrected chi connectivity index (χ1v) is 9.95. The second kappa shape index (κ2) is 7.13. The molecular formula is C19H17BrFN3OS. The van der Waals surface area contributed by atoms with Gasteiger partial charge in [0.05, 0.1) is 4.75 Å². The number of nitrogens with zero attached hydrogens (tertiary/aromatic N) is 1. The predicted octanol–water partition coefficient (Wildman–Crippen LogP) is 3.54. The lowest BCUT2D eigenvalue weighted by Gasteiger charge is -2.37. The minimum absolute atomic E-state index is 0.175. The van der Waals surface area contributed by atoms with Gasteiger partial charge < -0.3 is 10.6 Å². The first-order valence-electron chi connectivity index (χ1n) is 8.34. The maximum Gasteiger partial charge on any atom is 0.257 e. The van der Waals surface area contributed by atoms with Crippen LogP contribution in [0.1, 0.15) is 15.9 Å². The Hall–Kier alpha value is -1.70. The zero-order chi connectivity index (χ0) is 18.1. The van der Waals surface area contributed by atoms with Gasteiger partial charge in [-0.05, 0) is 30.3 Å². The Kier molecular flexibility index (Phi) is 4.86. The van der Waals surface area contributed by atoms with Gasteiger partial charge in [-0.25, -0.2) is 4.39 Å². The number of fused-ring (bicyclic) bond motifs is 1. The summed E-state index contributed by atoms with van der Waals surface area (Å²) in [6.45, 7) is 1.97. The van der Waals surface area contributed by atoms with Crippen molar-refractivity contribution in [3.63, 3.8) is 0 Å². The van der Waals surface area contributed by atoms with Crippen LogP contribution in [0.25, 0.3) is 0 Å². The molecule has 2 aliphatic heterocycles. The summed E-state index contributed by atoms with van der Waals surface area (Å²) in [5, 5.41) is 6.80. The lowest BCUT2D eigenvalue weighted by atomic mass is 9.87. The van der Waals surface area contributed by atoms with Crippen LogP contribution in [0, 0.1) is 11.7 Å². The molecule has 1 amide bonds. The number of amidine groups is 1. The number of carbonyl (C=O) groups is 1. The predicted molar refractivity (Wildman–Crippen MR) is 106 cm³/mol. The number of rotatable bonds is 2. The summed E-state index contributed by atoms with van der Waals surface area (Å²) < 4.78 is 15.0. The van der Waals surface area contributed by atoms with Gasteiger partial charge in [-0.3, -0.25) is 9.79 Å². The molecule has 0 saturated carbocycles. The zero-order valence-corrected chi connectivity index (χ0v) is 16.2. The van der Waals surface area contributed by atoms with Crippen LogP contribution in [-0.4, -0.2) is 30.7 Å². The van der Waals surface area contributed by atoms with Crippen LogP contribution in [0.4, 0.5) is 4.39 Å². The van der Waals surface area contributed by atoms with E-state index in [-0.39, 0.29) is 17.6 Å². The minimum Gasteiger partial charge on any atom is -0.315 e. The standard InChI is InChI=1S/C19H17BrFN3OS/c20-14-6-7-16(21)15(8-14)19-11-22-9-13(19)10-23-18(26-19)24-17(25)12-4-2-1-3-5-12/h1-8,13,22H,9-11H2,(H,23,24,25). The van der Waals surface area contributed by atoms with Crippen molar-refractivity contribution in [1.82, 2.24) is 10.6 Å². The summed E-state index contributed by atoms with van der Waals surface area (Å²) in [5.74, 6) is -0.259. The Morgan fingerprint density at radius 3 is 2.92 bits per heavy atom. The third kappa shape index (κ3) is 3.19. The van der Waals surface area contributed by atoms with Gasteiger partial charge in [0.2, 0.25) is 0 Å². The van der Waals surface area contributed by atoms with Crippen molar-refractivity contribution in [3.05, 3.63) is 69.9 Å². The van der Waals surface area contributed by atoms with E-state index < -0.39 is 4.75 Å². The average molecular weight is 434 g/mol. The fourth-order valence-corrected chi connectivity index (χ4v) is 5.24. The smallest absolute Gasteiger partial charge is 0.257 e. The monoisotopic (exact) mass is 433 g/mol. The number of aliphatic imine (C=N–C) groups is 1. The Morgan fingerprint density at radius 2 is 2.12 bits per heavy atom. The van der Waals surface area contributed by atoms with Crippen LogP contribution in [0.5, 0.6) is 0 Å². The molecule has 0 spiro atoms. The van der Waals surface area contributed by atoms with Crippen LogP contribution in [0.2, 0.25) is 0 Å². The van der Waals surface area contributed by atoms with Gasteiger partial charge >= 0.3 is 0 Å². The Balaban J connectivity index is 1.63. The molecule has 2 heterocycles. The van der Waals surface area contributed by atoms with E-state index in [4.69, 9.17) is 0 Å². The minimum atomic E-state index is -0.477. The normalized spacial score (nSPS) is 24.7. The molecule has 0 aliphatic carbocycles. The molecule has 7 heteroatoms. The topological polar surface area (TPSA) is 53.5 Å². The van der Waals surface area contributed by atoms with Crippen molar-refractivity contribution < 1.29 is 9.18 Å². The van der Waals surface area contributed by atoms with Gasteiger partial charge in [-0.1, -0.05) is 45.9 Å². The molecule has 4 rings (SSSR count). The van der Waals surface area contributed by atoms with E-state index in [2.05, 4.69) is 31.6 Å². The lowest BCUT2D eigenvalue weighted by molar-refractivity contribution is 0.0977. The molecule has 1 fully saturated rings. The summed E-state index contributed by atoms with van der Waals surface area (Å²) in [6, 6.07) is 14.0. The quantitative estimate of drug-likeness (QED) is 0.761. The highest BCUT2D eigenvalue weighted by molar-refractivity contribution is 9.10. The Bertz CT molecular complexity index is 876. The van der Waals surface area contributed by atoms with Crippen molar-refractivity contribution in [2.24, 2.45) is 10.9 Å². The summed E-state index contributed by atoms with van der Waals surface area (Å²) in [6.07, 6.45) is 0. The Morgan fingerprint density at radius 1 is 1.31 bits per heavy atom. The molecule has 4 nitrogen and oxygen atoms in total. The van der Waals surface area contributed by atoms with Crippen LogP contribution < -0.4 is 10.6 Å². The molecule has 2 unspecified atom stereocenters. The zero-order valence-electron chi connectivity index (χ0n) is 13.8. The summed E-state index contributed by atoms with van der Waals surface area (Å²) in [4.78, 5) is 17.0. The van der Waals surface area contributed by atoms with Crippen molar-refractivity contribution in [1.29, 1.82) is 0 Å². The van der Waals surface area contributed by atoms with Gasteiger partial charge in [0.15, 0.2) is 5.17 Å². The number of carbonyl (C=O) groups excluding carboxylic acids is 1. The maximum atomic E-state index is 14.7. The molecular weight excluding hydrogens is 417 g/mol. The lowest BCUT2D eigenvalue weighted by Crippen LogP contribution is -2.42. The van der Waals surface area contributed by atoms with Gasteiger partial charge in [-0.15, -0.1) is 0 Å². The highest BCUT2D eigenvalue weighted by atomic mass is 79.9. The Labute approximate surface area is 163 Å². The first-order chi connectivity index (χ1) is 12.6. The van der Waals surface area contributed by atoms with Crippen LogP contribution >= 0.6 is 27.7 Å². The van der Waals surface area contributed by atoms with Gasteiger partial charge in [-0.2, -0.15) is 0 Å². The van der Waals surface area contributed by atoms with Crippen molar-refractivity contribution in [2.45, 2.75) is 4.75 Å². The SMILES string of the molecule is O=C(NC1=NCC2CNCC2(c2cc(Br)ccc2F)S1)c1ccccc1. The van der Waals surface area contributed by atoms with E-state index in [0.717, 1.165) is 11.0 Å². The summed E-state index contributed by atoms with van der Waals surface area (Å²) in [5.41, 5.74) is 1.22. The molecule has 1 saturated heterocycles. The van der Waals surface area contributed by atoms with Crippen LogP contribution in [0.15, 0.2) is 58.0 Å².